The number of hydrogen-bond donors (Lipinski definition) is 0. The molecule has 0 amide bonds. The van der Waals surface area contributed by atoms with Crippen molar-refractivity contribution in [1.82, 2.24) is 0 Å². The summed E-state index contributed by atoms with van der Waals surface area (Å²) < 4.78 is 15.8. The molecule has 0 atom stereocenters. The van der Waals surface area contributed by atoms with Crippen molar-refractivity contribution in [2.45, 2.75) is 0 Å². The van der Waals surface area contributed by atoms with Gasteiger partial charge in [-0.05, 0) is 12.1 Å². The molecule has 1 aromatic rings. The summed E-state index contributed by atoms with van der Waals surface area (Å²) in [6, 6.07) is 8.78. The van der Waals surface area contributed by atoms with Crippen LogP contribution in [0.25, 0.3) is 0 Å². The number of para-hydroxylation sites is 1. The van der Waals surface area contributed by atoms with Crippen LogP contribution < -0.4 is 4.18 Å². The van der Waals surface area contributed by atoms with Crippen LogP contribution in [0.3, 0.4) is 0 Å². The number of rotatable bonds is 2. The fourth-order valence-electron chi connectivity index (χ4n) is 0.512. The van der Waals surface area contributed by atoms with Gasteiger partial charge in [0.05, 0.1) is 0 Å². The fourth-order valence-corrected chi connectivity index (χ4v) is 0.696. The van der Waals surface area contributed by atoms with Gasteiger partial charge in [0.2, 0.25) is 0 Å². The standard InChI is InChI=1S/C6H5FOS/c7-9-8-6-4-2-1-3-5-6/h1-5H. The van der Waals surface area contributed by atoms with Crippen LogP contribution in [0.2, 0.25) is 0 Å². The van der Waals surface area contributed by atoms with Crippen LogP contribution in [0.4, 0.5) is 3.89 Å². The molecule has 1 rings (SSSR count). The predicted molar refractivity (Wildman–Crippen MR) is 35.8 cm³/mol. The molecule has 0 aliphatic rings. The molecule has 0 saturated carbocycles. The first-order chi connectivity index (χ1) is 4.43. The smallest absolute Gasteiger partial charge is 0.272 e. The Hall–Kier alpha value is -0.700. The molecular formula is C6H5FOS. The lowest BCUT2D eigenvalue weighted by Crippen LogP contribution is -1.73. The molecule has 0 heterocycles. The molecule has 0 bridgehead atoms. The van der Waals surface area contributed by atoms with E-state index in [4.69, 9.17) is 0 Å². The second-order valence-corrected chi connectivity index (χ2v) is 1.75. The van der Waals surface area contributed by atoms with Crippen molar-refractivity contribution in [3.05, 3.63) is 30.3 Å². The third-order valence-electron chi connectivity index (χ3n) is 0.871. The van der Waals surface area contributed by atoms with Gasteiger partial charge in [-0.1, -0.05) is 18.2 Å². The molecule has 0 saturated heterocycles. The topological polar surface area (TPSA) is 9.23 Å². The summed E-state index contributed by atoms with van der Waals surface area (Å²) in [4.78, 5) is 0. The van der Waals surface area contributed by atoms with E-state index < -0.39 is 0 Å². The minimum atomic E-state index is -0.145. The predicted octanol–water partition coefficient (Wildman–Crippen LogP) is 2.60. The van der Waals surface area contributed by atoms with E-state index in [9.17, 15) is 3.89 Å². The van der Waals surface area contributed by atoms with E-state index in [1.807, 2.05) is 6.07 Å². The van der Waals surface area contributed by atoms with Crippen molar-refractivity contribution in [1.29, 1.82) is 0 Å². The molecule has 0 aliphatic heterocycles. The highest BCUT2D eigenvalue weighted by molar-refractivity contribution is 7.89. The van der Waals surface area contributed by atoms with Crippen molar-refractivity contribution in [3.63, 3.8) is 0 Å². The molecule has 48 valence electrons. The summed E-state index contributed by atoms with van der Waals surface area (Å²) in [5, 5.41) is 0. The molecule has 3 heteroatoms. The normalized spacial score (nSPS) is 9.00. The molecule has 1 aromatic carbocycles. The van der Waals surface area contributed by atoms with Gasteiger partial charge < -0.3 is 4.18 Å². The zero-order chi connectivity index (χ0) is 6.53. The Morgan fingerprint density at radius 1 is 1.22 bits per heavy atom. The first kappa shape index (κ1) is 6.42. The van der Waals surface area contributed by atoms with Crippen molar-refractivity contribution in [3.8, 4) is 5.75 Å². The Kier molecular flexibility index (Phi) is 2.39. The van der Waals surface area contributed by atoms with Gasteiger partial charge in [0.1, 0.15) is 5.75 Å². The molecule has 0 unspecified atom stereocenters. The Labute approximate surface area is 57.3 Å². The van der Waals surface area contributed by atoms with Crippen molar-refractivity contribution < 1.29 is 8.07 Å². The SMILES string of the molecule is FSOc1ccccc1. The third kappa shape index (κ3) is 1.93. The van der Waals surface area contributed by atoms with Gasteiger partial charge in [-0.25, -0.2) is 0 Å². The third-order valence-corrected chi connectivity index (χ3v) is 1.13. The van der Waals surface area contributed by atoms with Gasteiger partial charge in [-0.2, -0.15) is 0 Å². The summed E-state index contributed by atoms with van der Waals surface area (Å²) in [5.74, 6) is 0.532. The van der Waals surface area contributed by atoms with E-state index in [1.54, 1.807) is 24.3 Å². The second kappa shape index (κ2) is 3.35. The summed E-state index contributed by atoms with van der Waals surface area (Å²) in [5.41, 5.74) is 0. The van der Waals surface area contributed by atoms with Crippen LogP contribution in [-0.4, -0.2) is 0 Å². The minimum Gasteiger partial charge on any atom is -0.397 e. The van der Waals surface area contributed by atoms with Gasteiger partial charge in [-0.15, -0.1) is 3.89 Å². The van der Waals surface area contributed by atoms with Crippen LogP contribution in [0, 0.1) is 0 Å². The van der Waals surface area contributed by atoms with Crippen LogP contribution in [0.15, 0.2) is 30.3 Å². The molecule has 1 nitrogen and oxygen atoms in total. The Balaban J connectivity index is 2.61. The van der Waals surface area contributed by atoms with Gasteiger partial charge in [0.25, 0.3) is 12.4 Å². The molecule has 0 aromatic heterocycles. The quantitative estimate of drug-likeness (QED) is 0.590. The van der Waals surface area contributed by atoms with E-state index in [-0.39, 0.29) is 12.4 Å². The van der Waals surface area contributed by atoms with Gasteiger partial charge in [0, 0.05) is 0 Å². The van der Waals surface area contributed by atoms with E-state index in [2.05, 4.69) is 4.18 Å². The highest BCUT2D eigenvalue weighted by atomic mass is 32.2. The van der Waals surface area contributed by atoms with Crippen molar-refractivity contribution in [2.24, 2.45) is 0 Å². The average molecular weight is 144 g/mol. The molecule has 0 aliphatic carbocycles. The maximum absolute atomic E-state index is 11.4. The number of halogens is 1. The summed E-state index contributed by atoms with van der Waals surface area (Å²) in [6.45, 7) is 0. The van der Waals surface area contributed by atoms with Crippen molar-refractivity contribution in [2.75, 3.05) is 0 Å². The maximum atomic E-state index is 11.4. The number of hydrogen-bond acceptors (Lipinski definition) is 2. The van der Waals surface area contributed by atoms with E-state index in [0.717, 1.165) is 0 Å². The first-order valence-corrected chi connectivity index (χ1v) is 3.08. The van der Waals surface area contributed by atoms with Crippen LogP contribution in [-0.2, 0) is 0 Å². The molecule has 0 N–H and O–H groups in total. The molecule has 0 spiro atoms. The highest BCUT2D eigenvalue weighted by Gasteiger charge is 1.87. The molecular weight excluding hydrogens is 139 g/mol. The fraction of sp³-hybridized carbons (Fsp3) is 0. The minimum absolute atomic E-state index is 0.145. The second-order valence-electron chi connectivity index (χ2n) is 1.46. The lowest BCUT2D eigenvalue weighted by Gasteiger charge is -1.93. The number of benzene rings is 1. The van der Waals surface area contributed by atoms with E-state index in [0.29, 0.717) is 5.75 Å². The monoisotopic (exact) mass is 144 g/mol. The highest BCUT2D eigenvalue weighted by Crippen LogP contribution is 2.14. The summed E-state index contributed by atoms with van der Waals surface area (Å²) in [6.07, 6.45) is 0. The van der Waals surface area contributed by atoms with Gasteiger partial charge in [-0.3, -0.25) is 0 Å². The van der Waals surface area contributed by atoms with Gasteiger partial charge >= 0.3 is 0 Å². The maximum Gasteiger partial charge on any atom is 0.272 e. The largest absolute Gasteiger partial charge is 0.397 e. The first-order valence-electron chi connectivity index (χ1n) is 2.44. The zero-order valence-corrected chi connectivity index (χ0v) is 5.40. The van der Waals surface area contributed by atoms with Crippen LogP contribution in [0.5, 0.6) is 5.75 Å². The van der Waals surface area contributed by atoms with E-state index >= 15 is 0 Å². The van der Waals surface area contributed by atoms with Crippen LogP contribution >= 0.6 is 12.4 Å². The Morgan fingerprint density at radius 3 is 2.44 bits per heavy atom. The van der Waals surface area contributed by atoms with E-state index in [1.165, 1.54) is 0 Å². The Morgan fingerprint density at radius 2 is 1.89 bits per heavy atom. The average Bonchev–Trinajstić information content (AvgIpc) is 1.91. The lowest BCUT2D eigenvalue weighted by molar-refractivity contribution is 0.611. The molecule has 0 radical (unpaired) electrons. The lowest BCUT2D eigenvalue weighted by atomic mass is 10.3. The molecule has 9 heavy (non-hydrogen) atoms. The Bertz CT molecular complexity index is 166. The van der Waals surface area contributed by atoms with Crippen LogP contribution in [0.1, 0.15) is 0 Å². The van der Waals surface area contributed by atoms with Crippen molar-refractivity contribution >= 4 is 12.4 Å². The zero-order valence-electron chi connectivity index (χ0n) is 4.58. The molecule has 0 fully saturated rings. The van der Waals surface area contributed by atoms with Gasteiger partial charge in [0.15, 0.2) is 0 Å². The summed E-state index contributed by atoms with van der Waals surface area (Å²) >= 11 is -0.145. The summed E-state index contributed by atoms with van der Waals surface area (Å²) in [7, 11) is 0.